The SMILES string of the molecule is C=CC(=O)N1CCN2c3nc(=O)n(-c4c(C)ccnc4C(C)C)c4nc(-c5c(C)ccc6[nH]ncc56)c(F)c(c34)N(C)CC2C1. The Morgan fingerprint density at radius 1 is 1.11 bits per heavy atom. The van der Waals surface area contributed by atoms with E-state index in [2.05, 4.69) is 26.7 Å². The Morgan fingerprint density at radius 3 is 2.67 bits per heavy atom. The van der Waals surface area contributed by atoms with E-state index in [0.29, 0.717) is 65.7 Å². The van der Waals surface area contributed by atoms with Crippen molar-refractivity contribution in [3.63, 3.8) is 0 Å². The molecule has 11 nitrogen and oxygen atoms in total. The maximum atomic E-state index is 17.2. The lowest BCUT2D eigenvalue weighted by atomic mass is 9.99. The molecule has 7 rings (SSSR count). The molecule has 1 saturated heterocycles. The molecule has 1 atom stereocenters. The first-order chi connectivity index (χ1) is 21.6. The number of hydrogen-bond acceptors (Lipinski definition) is 8. The molecule has 2 aliphatic heterocycles. The third-order valence-electron chi connectivity index (χ3n) is 9.02. The summed E-state index contributed by atoms with van der Waals surface area (Å²) >= 11 is 0. The number of nitrogens with zero attached hydrogens (tertiary/aromatic N) is 8. The van der Waals surface area contributed by atoms with E-state index in [1.807, 2.05) is 62.7 Å². The second-order valence-electron chi connectivity index (χ2n) is 12.2. The summed E-state index contributed by atoms with van der Waals surface area (Å²) in [6.45, 7) is 13.1. The number of carbonyl (C=O) groups excluding carboxylic acids is 1. The zero-order valence-electron chi connectivity index (χ0n) is 25.9. The van der Waals surface area contributed by atoms with Crippen LogP contribution in [-0.2, 0) is 4.79 Å². The lowest BCUT2D eigenvalue weighted by Gasteiger charge is -2.41. The van der Waals surface area contributed by atoms with Crippen molar-refractivity contribution in [2.24, 2.45) is 0 Å². The van der Waals surface area contributed by atoms with Crippen LogP contribution in [-0.4, -0.2) is 79.8 Å². The molecule has 2 aliphatic rings. The molecule has 0 aliphatic carbocycles. The number of halogens is 1. The van der Waals surface area contributed by atoms with E-state index < -0.39 is 11.5 Å². The van der Waals surface area contributed by atoms with Crippen molar-refractivity contribution in [2.75, 3.05) is 43.0 Å². The third kappa shape index (κ3) is 4.30. The van der Waals surface area contributed by atoms with Crippen LogP contribution >= 0.6 is 0 Å². The molecule has 12 heteroatoms. The smallest absolute Gasteiger partial charge is 0.355 e. The number of rotatable bonds is 4. The Kier molecular flexibility index (Phi) is 6.68. The molecule has 1 amide bonds. The molecule has 0 bridgehead atoms. The normalized spacial score (nSPS) is 16.4. The van der Waals surface area contributed by atoms with Crippen LogP contribution in [0, 0.1) is 19.7 Å². The number of piperazine rings is 1. The zero-order chi connectivity index (χ0) is 31.7. The first kappa shape index (κ1) is 28.6. The van der Waals surface area contributed by atoms with Gasteiger partial charge in [-0.15, -0.1) is 0 Å². The quantitative estimate of drug-likeness (QED) is 0.302. The van der Waals surface area contributed by atoms with E-state index in [1.165, 1.54) is 10.6 Å². The molecule has 45 heavy (non-hydrogen) atoms. The second kappa shape index (κ2) is 10.5. The topological polar surface area (TPSA) is 116 Å². The summed E-state index contributed by atoms with van der Waals surface area (Å²) in [4.78, 5) is 46.8. The number of likely N-dealkylation sites (N-methyl/N-ethyl adjacent to an activating group) is 1. The van der Waals surface area contributed by atoms with Crippen molar-refractivity contribution in [1.29, 1.82) is 0 Å². The first-order valence-electron chi connectivity index (χ1n) is 15.0. The largest absolute Gasteiger partial charge is 0.369 e. The number of hydrogen-bond donors (Lipinski definition) is 1. The van der Waals surface area contributed by atoms with E-state index >= 15 is 4.39 Å². The van der Waals surface area contributed by atoms with Crippen molar-refractivity contribution in [1.82, 2.24) is 34.6 Å². The summed E-state index contributed by atoms with van der Waals surface area (Å²) in [6, 6.07) is 5.41. The van der Waals surface area contributed by atoms with Gasteiger partial charge in [-0.1, -0.05) is 26.5 Å². The zero-order valence-corrected chi connectivity index (χ0v) is 25.9. The molecule has 0 spiro atoms. The van der Waals surface area contributed by atoms with Gasteiger partial charge in [0.05, 0.1) is 40.2 Å². The maximum Gasteiger partial charge on any atom is 0.355 e. The highest BCUT2D eigenvalue weighted by atomic mass is 19.1. The molecule has 5 aromatic rings. The number of anilines is 2. The number of nitrogens with one attached hydrogen (secondary N) is 1. The van der Waals surface area contributed by atoms with Crippen LogP contribution in [0.25, 0.3) is 38.9 Å². The van der Waals surface area contributed by atoms with E-state index in [4.69, 9.17) is 4.98 Å². The maximum absolute atomic E-state index is 17.2. The second-order valence-corrected chi connectivity index (χ2v) is 12.2. The van der Waals surface area contributed by atoms with Gasteiger partial charge in [-0.2, -0.15) is 10.1 Å². The van der Waals surface area contributed by atoms with E-state index in [1.54, 1.807) is 17.3 Å². The van der Waals surface area contributed by atoms with Crippen molar-refractivity contribution in [3.8, 4) is 16.9 Å². The van der Waals surface area contributed by atoms with E-state index in [9.17, 15) is 9.59 Å². The molecule has 1 N–H and O–H groups in total. The lowest BCUT2D eigenvalue weighted by molar-refractivity contribution is -0.126. The first-order valence-corrected chi connectivity index (χ1v) is 15.0. The number of aromatic amines is 1. The van der Waals surface area contributed by atoms with Crippen molar-refractivity contribution in [2.45, 2.75) is 39.7 Å². The molecule has 1 unspecified atom stereocenters. The van der Waals surface area contributed by atoms with Crippen LogP contribution in [0.4, 0.5) is 15.9 Å². The number of fused-ring (bicyclic) bond motifs is 3. The monoisotopic (exact) mass is 607 g/mol. The van der Waals surface area contributed by atoms with Gasteiger partial charge in [0.1, 0.15) is 11.5 Å². The van der Waals surface area contributed by atoms with Crippen LogP contribution in [0.3, 0.4) is 0 Å². The van der Waals surface area contributed by atoms with E-state index in [-0.39, 0.29) is 23.6 Å². The fourth-order valence-electron chi connectivity index (χ4n) is 6.88. The summed E-state index contributed by atoms with van der Waals surface area (Å²) < 4.78 is 18.7. The highest BCUT2D eigenvalue weighted by Gasteiger charge is 2.38. The molecule has 0 radical (unpaired) electrons. The summed E-state index contributed by atoms with van der Waals surface area (Å²) in [6.07, 6.45) is 4.70. The summed E-state index contributed by atoms with van der Waals surface area (Å²) in [5.74, 6) is -0.327. The predicted octanol–water partition coefficient (Wildman–Crippen LogP) is 4.25. The molecule has 1 aromatic carbocycles. The van der Waals surface area contributed by atoms with Gasteiger partial charge in [0.15, 0.2) is 11.5 Å². The highest BCUT2D eigenvalue weighted by Crippen LogP contribution is 2.44. The van der Waals surface area contributed by atoms with Gasteiger partial charge in [0, 0.05) is 50.4 Å². The Labute approximate surface area is 259 Å². The average Bonchev–Trinajstić information content (AvgIpc) is 3.45. The standard InChI is InChI=1S/C33H34FN9O2/c1-7-23(44)41-12-13-42-20(16-41)15-40(6)30-25-31(42)38-33(45)43(29-19(5)10-11-35-27(29)17(2)3)32(25)37-28(26(30)34)24-18(4)8-9-22-21(24)14-36-39-22/h7-11,14,17,20H,1,12-13,15-16H2,2-6H3,(H,36,39). The Morgan fingerprint density at radius 2 is 1.91 bits per heavy atom. The fourth-order valence-corrected chi connectivity index (χ4v) is 6.88. The fraction of sp³-hybridized carbons (Fsp3) is 0.333. The van der Waals surface area contributed by atoms with Crippen LogP contribution in [0.1, 0.15) is 36.6 Å². The number of aromatic nitrogens is 6. The van der Waals surface area contributed by atoms with E-state index in [0.717, 1.165) is 22.0 Å². The number of aryl methyl sites for hydroxylation is 2. The molecular formula is C33H34FN9O2. The van der Waals surface area contributed by atoms with Gasteiger partial charge in [-0.05, 0) is 49.1 Å². The number of benzene rings is 1. The van der Waals surface area contributed by atoms with Crippen molar-refractivity contribution < 1.29 is 9.18 Å². The van der Waals surface area contributed by atoms with Crippen molar-refractivity contribution >= 4 is 39.3 Å². The minimum Gasteiger partial charge on any atom is -0.369 e. The summed E-state index contributed by atoms with van der Waals surface area (Å²) in [7, 11) is 1.83. The van der Waals surface area contributed by atoms with Gasteiger partial charge < -0.3 is 14.7 Å². The van der Waals surface area contributed by atoms with Gasteiger partial charge in [-0.25, -0.2) is 18.7 Å². The number of amides is 1. The Balaban J connectivity index is 1.61. The molecule has 6 heterocycles. The molecule has 1 fully saturated rings. The number of carbonyl (C=O) groups is 1. The predicted molar refractivity (Wildman–Crippen MR) is 173 cm³/mol. The minimum atomic E-state index is -0.530. The van der Waals surface area contributed by atoms with Crippen LogP contribution in [0.5, 0.6) is 0 Å². The van der Waals surface area contributed by atoms with Gasteiger partial charge in [-0.3, -0.25) is 14.9 Å². The van der Waals surface area contributed by atoms with Gasteiger partial charge in [0.2, 0.25) is 5.91 Å². The number of H-pyrrole nitrogens is 1. The van der Waals surface area contributed by atoms with Gasteiger partial charge >= 0.3 is 5.69 Å². The number of pyridine rings is 2. The minimum absolute atomic E-state index is 0.0129. The summed E-state index contributed by atoms with van der Waals surface area (Å²) in [5, 5.41) is 8.36. The van der Waals surface area contributed by atoms with Crippen LogP contribution < -0.4 is 15.5 Å². The van der Waals surface area contributed by atoms with Crippen LogP contribution in [0.15, 0.2) is 48.0 Å². The molecule has 230 valence electrons. The van der Waals surface area contributed by atoms with Crippen molar-refractivity contribution in [3.05, 3.63) is 76.4 Å². The molecule has 0 saturated carbocycles. The Hall–Kier alpha value is -5.13. The Bertz CT molecular complexity index is 2100. The molecular weight excluding hydrogens is 573 g/mol. The average molecular weight is 608 g/mol. The molecule has 4 aromatic heterocycles. The summed E-state index contributed by atoms with van der Waals surface area (Å²) in [5.41, 5.74) is 4.49. The third-order valence-corrected chi connectivity index (χ3v) is 9.02. The van der Waals surface area contributed by atoms with Crippen LogP contribution in [0.2, 0.25) is 0 Å². The highest BCUT2D eigenvalue weighted by molar-refractivity contribution is 6.04. The lowest BCUT2D eigenvalue weighted by Crippen LogP contribution is -2.57. The van der Waals surface area contributed by atoms with Gasteiger partial charge in [0.25, 0.3) is 0 Å².